The molecular formula is C19H21ClN2O2S. The molecule has 0 atom stereocenters. The van der Waals surface area contributed by atoms with Crippen LogP contribution in [0.4, 0.5) is 0 Å². The van der Waals surface area contributed by atoms with Crippen LogP contribution in [-0.4, -0.2) is 47.8 Å². The van der Waals surface area contributed by atoms with Crippen molar-refractivity contribution in [2.45, 2.75) is 20.3 Å². The molecule has 2 heterocycles. The first-order chi connectivity index (χ1) is 12.0. The van der Waals surface area contributed by atoms with E-state index in [1.54, 1.807) is 17.4 Å². The van der Waals surface area contributed by atoms with E-state index in [4.69, 9.17) is 11.6 Å². The standard InChI is InChI=1S/C19H21ClN2O2S/c1-13-11-16(14(2)25-13)19(24)22-9-7-21(8-10-22)18(23)12-15-5-3-4-6-17(15)20/h3-6,11H,7-10,12H2,1-2H3. The van der Waals surface area contributed by atoms with Crippen molar-refractivity contribution < 1.29 is 9.59 Å². The number of hydrogen-bond acceptors (Lipinski definition) is 3. The molecule has 0 bridgehead atoms. The molecule has 25 heavy (non-hydrogen) atoms. The molecule has 0 radical (unpaired) electrons. The number of hydrogen-bond donors (Lipinski definition) is 0. The normalized spacial score (nSPS) is 14.7. The minimum absolute atomic E-state index is 0.0581. The zero-order valence-corrected chi connectivity index (χ0v) is 16.0. The Bertz CT molecular complexity index is 794. The molecule has 132 valence electrons. The molecule has 0 saturated carbocycles. The third-order valence-electron chi connectivity index (χ3n) is 4.49. The Morgan fingerprint density at radius 2 is 1.72 bits per heavy atom. The van der Waals surface area contributed by atoms with Gasteiger partial charge in [-0.05, 0) is 31.5 Å². The van der Waals surface area contributed by atoms with Gasteiger partial charge in [0.15, 0.2) is 0 Å². The Labute approximate surface area is 157 Å². The molecule has 3 rings (SSSR count). The second kappa shape index (κ2) is 7.58. The smallest absolute Gasteiger partial charge is 0.255 e. The van der Waals surface area contributed by atoms with Crippen LogP contribution in [0, 0.1) is 13.8 Å². The van der Waals surface area contributed by atoms with Gasteiger partial charge in [0.05, 0.1) is 12.0 Å². The van der Waals surface area contributed by atoms with Crippen molar-refractivity contribution >= 4 is 34.8 Å². The van der Waals surface area contributed by atoms with E-state index in [1.165, 1.54) is 0 Å². The van der Waals surface area contributed by atoms with E-state index in [2.05, 4.69) is 0 Å². The van der Waals surface area contributed by atoms with E-state index in [0.717, 1.165) is 20.9 Å². The van der Waals surface area contributed by atoms with Crippen LogP contribution in [0.2, 0.25) is 5.02 Å². The lowest BCUT2D eigenvalue weighted by atomic mass is 10.1. The Hall–Kier alpha value is -1.85. The summed E-state index contributed by atoms with van der Waals surface area (Å²) in [6, 6.07) is 9.37. The SMILES string of the molecule is Cc1cc(C(=O)N2CCN(C(=O)Cc3ccccc3Cl)CC2)c(C)s1. The number of amides is 2. The number of carbonyl (C=O) groups excluding carboxylic acids is 2. The summed E-state index contributed by atoms with van der Waals surface area (Å²) in [5.74, 6) is 0.128. The number of aryl methyl sites for hydroxylation is 2. The van der Waals surface area contributed by atoms with E-state index in [9.17, 15) is 9.59 Å². The molecule has 2 aromatic rings. The van der Waals surface area contributed by atoms with Gasteiger partial charge in [-0.2, -0.15) is 0 Å². The second-order valence-corrected chi connectivity index (χ2v) is 8.14. The highest BCUT2D eigenvalue weighted by molar-refractivity contribution is 7.12. The largest absolute Gasteiger partial charge is 0.339 e. The van der Waals surface area contributed by atoms with Crippen LogP contribution in [0.15, 0.2) is 30.3 Å². The van der Waals surface area contributed by atoms with E-state index in [1.807, 2.05) is 47.9 Å². The Morgan fingerprint density at radius 1 is 1.08 bits per heavy atom. The minimum Gasteiger partial charge on any atom is -0.339 e. The average molecular weight is 377 g/mol. The lowest BCUT2D eigenvalue weighted by Gasteiger charge is -2.35. The van der Waals surface area contributed by atoms with E-state index >= 15 is 0 Å². The van der Waals surface area contributed by atoms with Crippen molar-refractivity contribution in [3.63, 3.8) is 0 Å². The predicted molar refractivity (Wildman–Crippen MR) is 101 cm³/mol. The number of rotatable bonds is 3. The number of benzene rings is 1. The van der Waals surface area contributed by atoms with E-state index in [-0.39, 0.29) is 11.8 Å². The summed E-state index contributed by atoms with van der Waals surface area (Å²) in [6.07, 6.45) is 0.302. The third kappa shape index (κ3) is 4.05. The fourth-order valence-corrected chi connectivity index (χ4v) is 4.21. The summed E-state index contributed by atoms with van der Waals surface area (Å²) in [6.45, 7) is 6.27. The number of halogens is 1. The van der Waals surface area contributed by atoms with Gasteiger partial charge in [0.25, 0.3) is 5.91 Å². The monoisotopic (exact) mass is 376 g/mol. The fourth-order valence-electron chi connectivity index (χ4n) is 3.09. The zero-order valence-electron chi connectivity index (χ0n) is 14.4. The van der Waals surface area contributed by atoms with E-state index < -0.39 is 0 Å². The Balaban J connectivity index is 1.58. The van der Waals surface area contributed by atoms with Crippen molar-refractivity contribution in [2.75, 3.05) is 26.2 Å². The van der Waals surface area contributed by atoms with Crippen molar-refractivity contribution in [3.05, 3.63) is 56.2 Å². The molecule has 0 aliphatic carbocycles. The molecule has 1 aliphatic heterocycles. The minimum atomic E-state index is 0.0581. The van der Waals surface area contributed by atoms with Gasteiger partial charge >= 0.3 is 0 Å². The van der Waals surface area contributed by atoms with Gasteiger partial charge in [0.1, 0.15) is 0 Å². The molecule has 1 aromatic heterocycles. The lowest BCUT2D eigenvalue weighted by molar-refractivity contribution is -0.131. The highest BCUT2D eigenvalue weighted by atomic mass is 35.5. The Kier molecular flexibility index (Phi) is 5.45. The number of piperazine rings is 1. The van der Waals surface area contributed by atoms with Crippen LogP contribution < -0.4 is 0 Å². The summed E-state index contributed by atoms with van der Waals surface area (Å²) in [4.78, 5) is 31.0. The lowest BCUT2D eigenvalue weighted by Crippen LogP contribution is -2.51. The van der Waals surface area contributed by atoms with Gasteiger partial charge in [-0.1, -0.05) is 29.8 Å². The van der Waals surface area contributed by atoms with Crippen LogP contribution in [0.3, 0.4) is 0 Å². The Morgan fingerprint density at radius 3 is 2.32 bits per heavy atom. The maximum Gasteiger partial charge on any atom is 0.255 e. The summed E-state index contributed by atoms with van der Waals surface area (Å²) >= 11 is 7.78. The van der Waals surface area contributed by atoms with Gasteiger partial charge in [-0.25, -0.2) is 0 Å². The fraction of sp³-hybridized carbons (Fsp3) is 0.368. The van der Waals surface area contributed by atoms with Crippen molar-refractivity contribution in [2.24, 2.45) is 0 Å². The molecule has 0 spiro atoms. The van der Waals surface area contributed by atoms with Crippen LogP contribution in [-0.2, 0) is 11.2 Å². The first-order valence-corrected chi connectivity index (χ1v) is 9.52. The summed E-state index contributed by atoms with van der Waals surface area (Å²) < 4.78 is 0. The highest BCUT2D eigenvalue weighted by Crippen LogP contribution is 2.23. The maximum absolute atomic E-state index is 12.7. The quantitative estimate of drug-likeness (QED) is 0.822. The third-order valence-corrected chi connectivity index (χ3v) is 5.83. The molecule has 6 heteroatoms. The van der Waals surface area contributed by atoms with Gasteiger partial charge < -0.3 is 9.80 Å². The van der Waals surface area contributed by atoms with Crippen LogP contribution in [0.5, 0.6) is 0 Å². The second-order valence-electron chi connectivity index (χ2n) is 6.27. The first kappa shape index (κ1) is 18.0. The first-order valence-electron chi connectivity index (χ1n) is 8.33. The van der Waals surface area contributed by atoms with E-state index in [0.29, 0.717) is 37.6 Å². The molecule has 0 unspecified atom stereocenters. The number of carbonyl (C=O) groups is 2. The summed E-state index contributed by atoms with van der Waals surface area (Å²) in [7, 11) is 0. The average Bonchev–Trinajstić information content (AvgIpc) is 2.94. The summed E-state index contributed by atoms with van der Waals surface area (Å²) in [5.41, 5.74) is 1.63. The topological polar surface area (TPSA) is 40.6 Å². The highest BCUT2D eigenvalue weighted by Gasteiger charge is 2.26. The molecule has 2 amide bonds. The van der Waals surface area contributed by atoms with Gasteiger partial charge in [0.2, 0.25) is 5.91 Å². The van der Waals surface area contributed by atoms with Gasteiger partial charge in [0, 0.05) is 41.0 Å². The van der Waals surface area contributed by atoms with Crippen LogP contribution in [0.1, 0.15) is 25.7 Å². The van der Waals surface area contributed by atoms with Gasteiger partial charge in [-0.3, -0.25) is 9.59 Å². The molecule has 1 aliphatic rings. The maximum atomic E-state index is 12.7. The molecule has 1 aromatic carbocycles. The van der Waals surface area contributed by atoms with Crippen molar-refractivity contribution in [3.8, 4) is 0 Å². The molecule has 0 N–H and O–H groups in total. The number of nitrogens with zero attached hydrogens (tertiary/aromatic N) is 2. The number of thiophene rings is 1. The molecular weight excluding hydrogens is 356 g/mol. The summed E-state index contributed by atoms with van der Waals surface area (Å²) in [5, 5.41) is 0.618. The van der Waals surface area contributed by atoms with Gasteiger partial charge in [-0.15, -0.1) is 11.3 Å². The molecule has 4 nitrogen and oxygen atoms in total. The van der Waals surface area contributed by atoms with Crippen molar-refractivity contribution in [1.29, 1.82) is 0 Å². The van der Waals surface area contributed by atoms with Crippen LogP contribution >= 0.6 is 22.9 Å². The van der Waals surface area contributed by atoms with Crippen molar-refractivity contribution in [1.82, 2.24) is 9.80 Å². The zero-order chi connectivity index (χ0) is 18.0. The molecule has 1 fully saturated rings. The predicted octanol–water partition coefficient (Wildman–Crippen LogP) is 3.55. The molecule has 1 saturated heterocycles. The van der Waals surface area contributed by atoms with Crippen LogP contribution in [0.25, 0.3) is 0 Å².